The first-order valence-corrected chi connectivity index (χ1v) is 5.29. The van der Waals surface area contributed by atoms with Gasteiger partial charge in [-0.3, -0.25) is 0 Å². The molecule has 0 aliphatic rings. The van der Waals surface area contributed by atoms with E-state index in [4.69, 9.17) is 0 Å². The number of para-hydroxylation sites is 1. The van der Waals surface area contributed by atoms with Crippen LogP contribution < -0.4 is 0 Å². The molecule has 0 aliphatic heterocycles. The molecule has 62 valence electrons. The highest BCUT2D eigenvalue weighted by Gasteiger charge is 2.00. The third-order valence-corrected chi connectivity index (χ3v) is 3.04. The number of H-pyrrole nitrogens is 1. The molecule has 0 atom stereocenters. The summed E-state index contributed by atoms with van der Waals surface area (Å²) in [5.41, 5.74) is 2.48. The van der Waals surface area contributed by atoms with Crippen molar-refractivity contribution in [1.82, 2.24) is 4.98 Å². The summed E-state index contributed by atoms with van der Waals surface area (Å²) in [6, 6.07) is 10.6. The quantitative estimate of drug-likeness (QED) is 0.546. The molecule has 3 aromatic rings. The summed E-state index contributed by atoms with van der Waals surface area (Å²) < 4.78 is 0. The molecule has 3 rings (SSSR count). The second-order valence-electron chi connectivity index (χ2n) is 3.09. The summed E-state index contributed by atoms with van der Waals surface area (Å²) in [5.74, 6) is 4.37. The van der Waals surface area contributed by atoms with E-state index in [2.05, 4.69) is 46.9 Å². The molecule has 0 bridgehead atoms. The predicted octanol–water partition coefficient (Wildman–Crippen LogP) is 3.90. The second kappa shape index (κ2) is 2.58. The summed E-state index contributed by atoms with van der Waals surface area (Å²) in [4.78, 5) is 3.40. The number of hydrogen-bond acceptors (Lipinski definition) is 0. The monoisotopic (exact) mass is 185 g/mol. The van der Waals surface area contributed by atoms with Crippen LogP contribution >= 0.6 is 8.19 Å². The molecule has 1 N–H and O–H groups in total. The van der Waals surface area contributed by atoms with Gasteiger partial charge in [-0.05, 0) is 23.7 Å². The van der Waals surface area contributed by atoms with E-state index in [-0.39, 0.29) is 0 Å². The van der Waals surface area contributed by atoms with Crippen molar-refractivity contribution in [3.63, 3.8) is 0 Å². The summed E-state index contributed by atoms with van der Waals surface area (Å²) in [7, 11) is 1.27. The van der Waals surface area contributed by atoms with Gasteiger partial charge in [-0.1, -0.05) is 26.4 Å². The van der Waals surface area contributed by atoms with Gasteiger partial charge >= 0.3 is 0 Å². The molecule has 0 unspecified atom stereocenters. The molecule has 13 heavy (non-hydrogen) atoms. The molecule has 2 heteroatoms. The summed E-state index contributed by atoms with van der Waals surface area (Å²) in [6.45, 7) is 0. The van der Waals surface area contributed by atoms with Gasteiger partial charge in [0.1, 0.15) is 0 Å². The van der Waals surface area contributed by atoms with Gasteiger partial charge in [0.25, 0.3) is 0 Å². The van der Waals surface area contributed by atoms with Crippen LogP contribution in [0.1, 0.15) is 0 Å². The standard InChI is InChI=1S/C11H8NP/c1-2-4-10-8(3-1)9-5-6-13-7-11(9)12-10/h1-7,12H. The Hall–Kier alpha value is -1.33. The minimum Gasteiger partial charge on any atom is -0.354 e. The number of aromatic amines is 1. The second-order valence-corrected chi connectivity index (χ2v) is 3.95. The van der Waals surface area contributed by atoms with Crippen molar-refractivity contribution in [2.75, 3.05) is 0 Å². The van der Waals surface area contributed by atoms with E-state index < -0.39 is 0 Å². The van der Waals surface area contributed by atoms with Gasteiger partial charge in [-0.25, -0.2) is 0 Å². The molecule has 0 radical (unpaired) electrons. The molecule has 0 aliphatic carbocycles. The van der Waals surface area contributed by atoms with E-state index in [1.165, 1.54) is 30.0 Å². The molecular weight excluding hydrogens is 177 g/mol. The predicted molar refractivity (Wildman–Crippen MR) is 58.3 cm³/mol. The van der Waals surface area contributed by atoms with Crippen molar-refractivity contribution < 1.29 is 0 Å². The van der Waals surface area contributed by atoms with Crippen LogP contribution in [0.3, 0.4) is 0 Å². The Kier molecular flexibility index (Phi) is 1.41. The Morgan fingerprint density at radius 1 is 0.923 bits per heavy atom. The Balaban J connectivity index is 2.64. The van der Waals surface area contributed by atoms with Crippen LogP contribution in [-0.4, -0.2) is 4.98 Å². The largest absolute Gasteiger partial charge is 0.354 e. The summed E-state index contributed by atoms with van der Waals surface area (Å²) in [6.07, 6.45) is 0. The lowest BCUT2D eigenvalue weighted by molar-refractivity contribution is 1.56. The van der Waals surface area contributed by atoms with Crippen LogP contribution in [-0.2, 0) is 0 Å². The van der Waals surface area contributed by atoms with Crippen LogP contribution in [0.5, 0.6) is 0 Å². The topological polar surface area (TPSA) is 15.8 Å². The molecule has 2 aromatic heterocycles. The maximum absolute atomic E-state index is 3.40. The van der Waals surface area contributed by atoms with Gasteiger partial charge < -0.3 is 4.98 Å². The number of benzene rings is 1. The normalized spacial score (nSPS) is 11.7. The van der Waals surface area contributed by atoms with Crippen LogP contribution in [0.2, 0.25) is 0 Å². The molecule has 1 nitrogen and oxygen atoms in total. The van der Waals surface area contributed by atoms with E-state index in [1.54, 1.807) is 0 Å². The van der Waals surface area contributed by atoms with Crippen molar-refractivity contribution in [3.05, 3.63) is 41.9 Å². The third kappa shape index (κ3) is 0.976. The van der Waals surface area contributed by atoms with E-state index >= 15 is 0 Å². The number of hydrogen-bond donors (Lipinski definition) is 1. The lowest BCUT2D eigenvalue weighted by Crippen LogP contribution is -1.62. The number of rotatable bonds is 0. The maximum atomic E-state index is 3.40. The van der Waals surface area contributed by atoms with E-state index in [0.29, 0.717) is 0 Å². The average molecular weight is 185 g/mol. The minimum atomic E-state index is 1.23. The Labute approximate surface area is 77.5 Å². The van der Waals surface area contributed by atoms with Crippen LogP contribution in [0.15, 0.2) is 41.9 Å². The molecule has 0 saturated carbocycles. The highest BCUT2D eigenvalue weighted by atomic mass is 31.0. The average Bonchev–Trinajstić information content (AvgIpc) is 2.56. The first kappa shape index (κ1) is 7.11. The number of fused-ring (bicyclic) bond motifs is 3. The lowest BCUT2D eigenvalue weighted by Gasteiger charge is -1.87. The third-order valence-electron chi connectivity index (χ3n) is 2.31. The Bertz CT molecular complexity index is 518. The molecular formula is C11H8NP. The summed E-state index contributed by atoms with van der Waals surface area (Å²) in [5, 5.41) is 2.65. The first-order chi connectivity index (χ1) is 6.45. The van der Waals surface area contributed by atoms with Crippen molar-refractivity contribution in [1.29, 1.82) is 0 Å². The highest BCUT2D eigenvalue weighted by Crippen LogP contribution is 2.26. The fourth-order valence-electron chi connectivity index (χ4n) is 1.70. The van der Waals surface area contributed by atoms with Crippen LogP contribution in [0.25, 0.3) is 21.8 Å². The molecule has 0 saturated heterocycles. The smallest absolute Gasteiger partial charge is 0.0511 e. The van der Waals surface area contributed by atoms with Crippen molar-refractivity contribution in [2.24, 2.45) is 0 Å². The molecule has 0 spiro atoms. The Morgan fingerprint density at radius 2 is 1.77 bits per heavy atom. The first-order valence-electron chi connectivity index (χ1n) is 4.25. The fourth-order valence-corrected chi connectivity index (χ4v) is 2.37. The maximum Gasteiger partial charge on any atom is 0.0511 e. The van der Waals surface area contributed by atoms with Gasteiger partial charge in [-0.2, -0.15) is 0 Å². The zero-order valence-electron chi connectivity index (χ0n) is 6.99. The zero-order valence-corrected chi connectivity index (χ0v) is 7.88. The van der Waals surface area contributed by atoms with Gasteiger partial charge in [-0.15, -0.1) is 0 Å². The van der Waals surface area contributed by atoms with Crippen LogP contribution in [0.4, 0.5) is 0 Å². The number of aromatic nitrogens is 1. The fraction of sp³-hybridized carbons (Fsp3) is 0. The molecule has 2 heterocycles. The molecule has 1 aromatic carbocycles. The lowest BCUT2D eigenvalue weighted by atomic mass is 10.2. The van der Waals surface area contributed by atoms with Gasteiger partial charge in [0.15, 0.2) is 0 Å². The van der Waals surface area contributed by atoms with Gasteiger partial charge in [0.2, 0.25) is 0 Å². The molecule has 0 amide bonds. The zero-order chi connectivity index (χ0) is 8.67. The Morgan fingerprint density at radius 3 is 2.77 bits per heavy atom. The van der Waals surface area contributed by atoms with E-state index in [9.17, 15) is 0 Å². The van der Waals surface area contributed by atoms with E-state index in [1.807, 2.05) is 0 Å². The minimum absolute atomic E-state index is 1.23. The van der Waals surface area contributed by atoms with Crippen molar-refractivity contribution in [3.8, 4) is 0 Å². The van der Waals surface area contributed by atoms with Crippen molar-refractivity contribution in [2.45, 2.75) is 0 Å². The van der Waals surface area contributed by atoms with Crippen LogP contribution in [0, 0.1) is 0 Å². The molecule has 0 fully saturated rings. The van der Waals surface area contributed by atoms with Gasteiger partial charge in [0.05, 0.1) is 5.52 Å². The van der Waals surface area contributed by atoms with E-state index in [0.717, 1.165) is 0 Å². The highest BCUT2D eigenvalue weighted by molar-refractivity contribution is 7.28. The van der Waals surface area contributed by atoms with Crippen molar-refractivity contribution >= 4 is 30.0 Å². The number of nitrogens with one attached hydrogen (secondary N) is 1. The SMILES string of the molecule is c1ccc2c(c1)[nH]c1cpccc12. The summed E-state index contributed by atoms with van der Waals surface area (Å²) >= 11 is 0. The van der Waals surface area contributed by atoms with Gasteiger partial charge in [0, 0.05) is 16.3 Å².